The molecule has 0 saturated heterocycles. The quantitative estimate of drug-likeness (QED) is 0.573. The third-order valence-corrected chi connectivity index (χ3v) is 2.06. The molecular weight excluding hydrogens is 148 g/mol. The van der Waals surface area contributed by atoms with E-state index in [-0.39, 0.29) is 0 Å². The first-order chi connectivity index (χ1) is 5.75. The summed E-state index contributed by atoms with van der Waals surface area (Å²) < 4.78 is 0. The molecule has 0 aromatic carbocycles. The molecule has 1 aliphatic rings. The SMILES string of the molecule is CCN=C1CC=CCN1C(C)C. The molecule has 1 heterocycles. The molecule has 0 spiro atoms. The Morgan fingerprint density at radius 2 is 2.25 bits per heavy atom. The summed E-state index contributed by atoms with van der Waals surface area (Å²) in [4.78, 5) is 6.83. The second kappa shape index (κ2) is 4.29. The third kappa shape index (κ3) is 2.10. The molecule has 2 heteroatoms. The van der Waals surface area contributed by atoms with E-state index in [1.54, 1.807) is 0 Å². The molecule has 68 valence electrons. The Bertz CT molecular complexity index is 192. The minimum Gasteiger partial charge on any atom is -0.354 e. The number of aliphatic imine (C=N–C) groups is 1. The molecule has 2 nitrogen and oxygen atoms in total. The van der Waals surface area contributed by atoms with Gasteiger partial charge >= 0.3 is 0 Å². The van der Waals surface area contributed by atoms with E-state index >= 15 is 0 Å². The molecule has 0 amide bonds. The first-order valence-corrected chi connectivity index (χ1v) is 4.70. The first-order valence-electron chi connectivity index (χ1n) is 4.70. The van der Waals surface area contributed by atoms with Gasteiger partial charge in [-0.3, -0.25) is 4.99 Å². The summed E-state index contributed by atoms with van der Waals surface area (Å²) >= 11 is 0. The van der Waals surface area contributed by atoms with Crippen molar-refractivity contribution in [3.63, 3.8) is 0 Å². The molecule has 0 aromatic heterocycles. The van der Waals surface area contributed by atoms with Crippen molar-refractivity contribution in [1.82, 2.24) is 4.90 Å². The second-order valence-electron chi connectivity index (χ2n) is 3.31. The van der Waals surface area contributed by atoms with Crippen molar-refractivity contribution < 1.29 is 0 Å². The molecule has 0 N–H and O–H groups in total. The van der Waals surface area contributed by atoms with Gasteiger partial charge in [0.15, 0.2) is 0 Å². The lowest BCUT2D eigenvalue weighted by Crippen LogP contribution is -2.38. The molecule has 0 saturated carbocycles. The van der Waals surface area contributed by atoms with Crippen LogP contribution in [0.2, 0.25) is 0 Å². The summed E-state index contributed by atoms with van der Waals surface area (Å²) in [5.41, 5.74) is 0. The smallest absolute Gasteiger partial charge is 0.103 e. The van der Waals surface area contributed by atoms with Crippen molar-refractivity contribution in [3.05, 3.63) is 12.2 Å². The number of hydrogen-bond donors (Lipinski definition) is 0. The standard InChI is InChI=1S/C10H18N2/c1-4-11-10-7-5-6-8-12(10)9(2)3/h5-6,9H,4,7-8H2,1-3H3. The van der Waals surface area contributed by atoms with Crippen LogP contribution in [0.1, 0.15) is 27.2 Å². The second-order valence-corrected chi connectivity index (χ2v) is 3.31. The van der Waals surface area contributed by atoms with Crippen LogP contribution in [0.3, 0.4) is 0 Å². The van der Waals surface area contributed by atoms with Gasteiger partial charge < -0.3 is 4.90 Å². The molecule has 1 aliphatic heterocycles. The van der Waals surface area contributed by atoms with Crippen LogP contribution in [0.15, 0.2) is 17.1 Å². The highest BCUT2D eigenvalue weighted by Crippen LogP contribution is 2.09. The fourth-order valence-corrected chi connectivity index (χ4v) is 1.45. The summed E-state index contributed by atoms with van der Waals surface area (Å²) in [6.45, 7) is 8.43. The third-order valence-electron chi connectivity index (χ3n) is 2.06. The molecule has 12 heavy (non-hydrogen) atoms. The minimum atomic E-state index is 0.570. The minimum absolute atomic E-state index is 0.570. The maximum atomic E-state index is 4.48. The maximum absolute atomic E-state index is 4.48. The number of rotatable bonds is 2. The zero-order chi connectivity index (χ0) is 8.97. The summed E-state index contributed by atoms with van der Waals surface area (Å²) in [6, 6.07) is 0.570. The first kappa shape index (κ1) is 9.30. The predicted octanol–water partition coefficient (Wildman–Crippen LogP) is 2.08. The Balaban J connectivity index is 2.69. The fraction of sp³-hybridized carbons (Fsp3) is 0.700. The Hall–Kier alpha value is -0.790. The lowest BCUT2D eigenvalue weighted by atomic mass is 10.2. The lowest BCUT2D eigenvalue weighted by molar-refractivity contribution is 0.371. The summed E-state index contributed by atoms with van der Waals surface area (Å²) in [7, 11) is 0. The van der Waals surface area contributed by atoms with Crippen LogP contribution in [0.5, 0.6) is 0 Å². The van der Waals surface area contributed by atoms with Gasteiger partial charge in [0.1, 0.15) is 5.84 Å². The maximum Gasteiger partial charge on any atom is 0.103 e. The van der Waals surface area contributed by atoms with Crippen molar-refractivity contribution in [1.29, 1.82) is 0 Å². The molecule has 0 unspecified atom stereocenters. The highest BCUT2D eigenvalue weighted by Gasteiger charge is 2.14. The van der Waals surface area contributed by atoms with Crippen LogP contribution >= 0.6 is 0 Å². The molecule has 0 aliphatic carbocycles. The van der Waals surface area contributed by atoms with Crippen LogP contribution in [0.4, 0.5) is 0 Å². The van der Waals surface area contributed by atoms with Crippen molar-refractivity contribution in [2.75, 3.05) is 13.1 Å². The summed E-state index contributed by atoms with van der Waals surface area (Å²) in [5, 5.41) is 0. The Morgan fingerprint density at radius 3 is 2.83 bits per heavy atom. The zero-order valence-electron chi connectivity index (χ0n) is 8.25. The van der Waals surface area contributed by atoms with Crippen LogP contribution in [-0.2, 0) is 0 Å². The molecule has 0 aromatic rings. The summed E-state index contributed by atoms with van der Waals surface area (Å²) in [5.74, 6) is 1.25. The van der Waals surface area contributed by atoms with Gasteiger partial charge in [0.05, 0.1) is 0 Å². The fourth-order valence-electron chi connectivity index (χ4n) is 1.45. The monoisotopic (exact) mass is 166 g/mol. The summed E-state index contributed by atoms with van der Waals surface area (Å²) in [6.07, 6.45) is 5.42. The van der Waals surface area contributed by atoms with Crippen molar-refractivity contribution in [2.45, 2.75) is 33.2 Å². The van der Waals surface area contributed by atoms with Gasteiger partial charge in [0.2, 0.25) is 0 Å². The van der Waals surface area contributed by atoms with E-state index in [2.05, 4.69) is 42.8 Å². The molecule has 0 radical (unpaired) electrons. The number of amidine groups is 1. The predicted molar refractivity (Wildman–Crippen MR) is 53.6 cm³/mol. The van der Waals surface area contributed by atoms with Crippen LogP contribution in [0.25, 0.3) is 0 Å². The Kier molecular flexibility index (Phi) is 3.32. The van der Waals surface area contributed by atoms with E-state index < -0.39 is 0 Å². The largest absolute Gasteiger partial charge is 0.354 e. The topological polar surface area (TPSA) is 15.6 Å². The van der Waals surface area contributed by atoms with Crippen LogP contribution in [0, 0.1) is 0 Å². The van der Waals surface area contributed by atoms with Crippen molar-refractivity contribution in [3.8, 4) is 0 Å². The van der Waals surface area contributed by atoms with E-state index in [0.717, 1.165) is 19.5 Å². The number of hydrogen-bond acceptors (Lipinski definition) is 1. The molecule has 0 fully saturated rings. The van der Waals surface area contributed by atoms with Gasteiger partial charge in [-0.25, -0.2) is 0 Å². The highest BCUT2D eigenvalue weighted by atomic mass is 15.2. The Labute approximate surface area is 75.0 Å². The average molecular weight is 166 g/mol. The van der Waals surface area contributed by atoms with Gasteiger partial charge in [-0.15, -0.1) is 0 Å². The van der Waals surface area contributed by atoms with Crippen LogP contribution in [-0.4, -0.2) is 29.9 Å². The Morgan fingerprint density at radius 1 is 1.50 bits per heavy atom. The molecule has 0 bridgehead atoms. The van der Waals surface area contributed by atoms with E-state index in [1.807, 2.05) is 0 Å². The highest BCUT2D eigenvalue weighted by molar-refractivity contribution is 5.85. The average Bonchev–Trinajstić information content (AvgIpc) is 2.05. The van der Waals surface area contributed by atoms with Crippen LogP contribution < -0.4 is 0 Å². The lowest BCUT2D eigenvalue weighted by Gasteiger charge is -2.31. The van der Waals surface area contributed by atoms with Gasteiger partial charge in [0.25, 0.3) is 0 Å². The van der Waals surface area contributed by atoms with Crippen molar-refractivity contribution >= 4 is 5.84 Å². The molecule has 0 atom stereocenters. The van der Waals surface area contributed by atoms with Gasteiger partial charge in [-0.05, 0) is 20.8 Å². The molecule has 1 rings (SSSR count). The zero-order valence-corrected chi connectivity index (χ0v) is 8.25. The number of nitrogens with zero attached hydrogens (tertiary/aromatic N) is 2. The van der Waals surface area contributed by atoms with Crippen molar-refractivity contribution in [2.24, 2.45) is 4.99 Å². The van der Waals surface area contributed by atoms with E-state index in [0.29, 0.717) is 6.04 Å². The van der Waals surface area contributed by atoms with Gasteiger partial charge in [-0.1, -0.05) is 12.2 Å². The van der Waals surface area contributed by atoms with E-state index in [4.69, 9.17) is 0 Å². The van der Waals surface area contributed by atoms with E-state index in [1.165, 1.54) is 5.84 Å². The van der Waals surface area contributed by atoms with Gasteiger partial charge in [0, 0.05) is 25.6 Å². The molecular formula is C10H18N2. The van der Waals surface area contributed by atoms with Gasteiger partial charge in [-0.2, -0.15) is 0 Å². The normalized spacial score (nSPS) is 21.0. The van der Waals surface area contributed by atoms with E-state index in [9.17, 15) is 0 Å².